The van der Waals surface area contributed by atoms with Crippen molar-refractivity contribution in [2.45, 2.75) is 45.3 Å². The van der Waals surface area contributed by atoms with Gasteiger partial charge in [0.05, 0.1) is 6.26 Å². The molecule has 0 radical (unpaired) electrons. The first-order valence-corrected chi connectivity index (χ1v) is 7.16. The summed E-state index contributed by atoms with van der Waals surface area (Å²) in [6.07, 6.45) is 2.37. The van der Waals surface area contributed by atoms with Gasteiger partial charge in [0, 0.05) is 6.54 Å². The number of carbonyl (C=O) groups is 1. The van der Waals surface area contributed by atoms with E-state index >= 15 is 0 Å². The van der Waals surface area contributed by atoms with Gasteiger partial charge in [-0.15, -0.1) is 0 Å². The number of carbonyl (C=O) groups excluding carboxylic acids is 1. The molecular formula is C10H19NO4S. The van der Waals surface area contributed by atoms with Crippen LogP contribution >= 0.6 is 0 Å². The molecule has 0 aliphatic carbocycles. The zero-order valence-corrected chi connectivity index (χ0v) is 11.0. The summed E-state index contributed by atoms with van der Waals surface area (Å²) >= 11 is 0. The molecule has 0 spiro atoms. The van der Waals surface area contributed by atoms with Crippen LogP contribution in [-0.4, -0.2) is 43.1 Å². The first-order chi connectivity index (χ1) is 7.11. The smallest absolute Gasteiger partial charge is 0.324 e. The average molecular weight is 249 g/mol. The second-order valence-corrected chi connectivity index (χ2v) is 7.00. The SMILES string of the molecule is CC(C)(C)OC(=O)[C@H]1CCCN1S(C)(=O)=O. The third-order valence-electron chi connectivity index (χ3n) is 2.31. The summed E-state index contributed by atoms with van der Waals surface area (Å²) in [6.45, 7) is 5.71. The molecule has 0 unspecified atom stereocenters. The zero-order chi connectivity index (χ0) is 12.6. The fourth-order valence-electron chi connectivity index (χ4n) is 1.74. The number of hydrogen-bond acceptors (Lipinski definition) is 4. The predicted octanol–water partition coefficient (Wildman–Crippen LogP) is 0.752. The molecule has 6 heteroatoms. The Balaban J connectivity index is 2.77. The number of rotatable bonds is 2. The van der Waals surface area contributed by atoms with Gasteiger partial charge in [-0.1, -0.05) is 0 Å². The molecule has 5 nitrogen and oxygen atoms in total. The van der Waals surface area contributed by atoms with E-state index in [1.165, 1.54) is 4.31 Å². The molecule has 0 amide bonds. The van der Waals surface area contributed by atoms with Gasteiger partial charge in [0.2, 0.25) is 10.0 Å². The molecule has 1 atom stereocenters. The van der Waals surface area contributed by atoms with Crippen molar-refractivity contribution >= 4 is 16.0 Å². The topological polar surface area (TPSA) is 63.7 Å². The van der Waals surface area contributed by atoms with Crippen LogP contribution in [0.1, 0.15) is 33.6 Å². The van der Waals surface area contributed by atoms with E-state index in [-0.39, 0.29) is 0 Å². The molecule has 1 aliphatic rings. The molecule has 1 heterocycles. The Bertz CT molecular complexity index is 369. The second-order valence-electron chi connectivity index (χ2n) is 5.07. The maximum absolute atomic E-state index is 11.8. The minimum atomic E-state index is -3.32. The van der Waals surface area contributed by atoms with Crippen LogP contribution in [0.5, 0.6) is 0 Å². The van der Waals surface area contributed by atoms with Crippen molar-refractivity contribution in [1.82, 2.24) is 4.31 Å². The standard InChI is InChI=1S/C10H19NO4S/c1-10(2,3)15-9(12)8-6-5-7-11(8)16(4,13)14/h8H,5-7H2,1-4H3/t8-/m1/s1. The van der Waals surface area contributed by atoms with Gasteiger partial charge in [-0.3, -0.25) is 4.79 Å². The van der Waals surface area contributed by atoms with Crippen LogP contribution in [0.3, 0.4) is 0 Å². The first-order valence-electron chi connectivity index (χ1n) is 5.31. The molecule has 0 N–H and O–H groups in total. The highest BCUT2D eigenvalue weighted by Gasteiger charge is 2.38. The maximum atomic E-state index is 11.8. The van der Waals surface area contributed by atoms with Gasteiger partial charge in [0.1, 0.15) is 11.6 Å². The fraction of sp³-hybridized carbons (Fsp3) is 0.900. The molecule has 0 aromatic carbocycles. The van der Waals surface area contributed by atoms with E-state index in [9.17, 15) is 13.2 Å². The molecule has 16 heavy (non-hydrogen) atoms. The molecule has 94 valence electrons. The van der Waals surface area contributed by atoms with Crippen molar-refractivity contribution in [2.75, 3.05) is 12.8 Å². The lowest BCUT2D eigenvalue weighted by atomic mass is 10.2. The van der Waals surface area contributed by atoms with Crippen molar-refractivity contribution in [3.05, 3.63) is 0 Å². The van der Waals surface area contributed by atoms with Gasteiger partial charge in [0.15, 0.2) is 0 Å². The zero-order valence-electron chi connectivity index (χ0n) is 10.2. The van der Waals surface area contributed by atoms with Crippen LogP contribution in [0.4, 0.5) is 0 Å². The van der Waals surface area contributed by atoms with Crippen molar-refractivity contribution in [2.24, 2.45) is 0 Å². The first kappa shape index (κ1) is 13.4. The maximum Gasteiger partial charge on any atom is 0.324 e. The summed E-state index contributed by atoms with van der Waals surface area (Å²) in [5.41, 5.74) is -0.581. The van der Waals surface area contributed by atoms with Gasteiger partial charge in [-0.2, -0.15) is 4.31 Å². The lowest BCUT2D eigenvalue weighted by Crippen LogP contribution is -2.43. The van der Waals surface area contributed by atoms with Gasteiger partial charge in [-0.05, 0) is 33.6 Å². The second kappa shape index (κ2) is 4.33. The monoisotopic (exact) mass is 249 g/mol. The van der Waals surface area contributed by atoms with E-state index < -0.39 is 27.6 Å². The largest absolute Gasteiger partial charge is 0.459 e. The summed E-state index contributed by atoms with van der Waals surface area (Å²) in [5, 5.41) is 0. The van der Waals surface area contributed by atoms with E-state index in [2.05, 4.69) is 0 Å². The molecule has 0 bridgehead atoms. The molecule has 0 aromatic rings. The van der Waals surface area contributed by atoms with Crippen LogP contribution in [0.2, 0.25) is 0 Å². The Kier molecular flexibility index (Phi) is 3.64. The Hall–Kier alpha value is -0.620. The number of ether oxygens (including phenoxy) is 1. The van der Waals surface area contributed by atoms with Crippen molar-refractivity contribution in [1.29, 1.82) is 0 Å². The number of esters is 1. The summed E-state index contributed by atoms with van der Waals surface area (Å²) in [4.78, 5) is 11.8. The normalized spacial score (nSPS) is 23.4. The number of hydrogen-bond donors (Lipinski definition) is 0. The van der Waals surface area contributed by atoms with Crippen LogP contribution in [0.25, 0.3) is 0 Å². The summed E-state index contributed by atoms with van der Waals surface area (Å²) in [7, 11) is -3.32. The Labute approximate surface area is 96.8 Å². The highest BCUT2D eigenvalue weighted by molar-refractivity contribution is 7.88. The van der Waals surface area contributed by atoms with Gasteiger partial charge in [-0.25, -0.2) is 8.42 Å². The Morgan fingerprint density at radius 3 is 2.38 bits per heavy atom. The van der Waals surface area contributed by atoms with Gasteiger partial charge in [0.25, 0.3) is 0 Å². The highest BCUT2D eigenvalue weighted by atomic mass is 32.2. The molecule has 1 aliphatic heterocycles. The Morgan fingerprint density at radius 1 is 1.38 bits per heavy atom. The van der Waals surface area contributed by atoms with Crippen LogP contribution in [-0.2, 0) is 19.6 Å². The van der Waals surface area contributed by atoms with E-state index in [0.29, 0.717) is 19.4 Å². The summed E-state index contributed by atoms with van der Waals surface area (Å²) in [5.74, 6) is -0.449. The number of nitrogens with zero attached hydrogens (tertiary/aromatic N) is 1. The summed E-state index contributed by atoms with van der Waals surface area (Å²) in [6, 6.07) is -0.644. The third kappa shape index (κ3) is 3.45. The van der Waals surface area contributed by atoms with E-state index in [1.54, 1.807) is 20.8 Å². The van der Waals surface area contributed by atoms with E-state index in [0.717, 1.165) is 6.26 Å². The van der Waals surface area contributed by atoms with E-state index in [4.69, 9.17) is 4.74 Å². The molecular weight excluding hydrogens is 230 g/mol. The minimum Gasteiger partial charge on any atom is -0.459 e. The molecule has 1 rings (SSSR count). The van der Waals surface area contributed by atoms with E-state index in [1.807, 2.05) is 0 Å². The summed E-state index contributed by atoms with van der Waals surface area (Å²) < 4.78 is 29.3. The third-order valence-corrected chi connectivity index (χ3v) is 3.60. The molecule has 1 fully saturated rings. The number of sulfonamides is 1. The van der Waals surface area contributed by atoms with Gasteiger partial charge < -0.3 is 4.74 Å². The molecule has 0 saturated carbocycles. The van der Waals surface area contributed by atoms with Crippen molar-refractivity contribution < 1.29 is 17.9 Å². The van der Waals surface area contributed by atoms with Crippen LogP contribution in [0.15, 0.2) is 0 Å². The molecule has 1 saturated heterocycles. The van der Waals surface area contributed by atoms with Crippen molar-refractivity contribution in [3.8, 4) is 0 Å². The Morgan fingerprint density at radius 2 is 1.94 bits per heavy atom. The quantitative estimate of drug-likeness (QED) is 0.678. The van der Waals surface area contributed by atoms with Gasteiger partial charge >= 0.3 is 5.97 Å². The fourth-order valence-corrected chi connectivity index (χ4v) is 2.86. The molecule has 0 aromatic heterocycles. The minimum absolute atomic E-state index is 0.405. The highest BCUT2D eigenvalue weighted by Crippen LogP contribution is 2.23. The predicted molar refractivity (Wildman–Crippen MR) is 60.4 cm³/mol. The van der Waals surface area contributed by atoms with Crippen LogP contribution < -0.4 is 0 Å². The lowest BCUT2D eigenvalue weighted by molar-refractivity contribution is -0.158. The lowest BCUT2D eigenvalue weighted by Gasteiger charge is -2.25. The average Bonchev–Trinajstić information content (AvgIpc) is 2.45. The van der Waals surface area contributed by atoms with Crippen LogP contribution in [0, 0.1) is 0 Å². The van der Waals surface area contributed by atoms with Crippen molar-refractivity contribution in [3.63, 3.8) is 0 Å².